The predicted molar refractivity (Wildman–Crippen MR) is 116 cm³/mol. The molecule has 0 spiro atoms. The van der Waals surface area contributed by atoms with Gasteiger partial charge in [0.2, 0.25) is 5.91 Å². The van der Waals surface area contributed by atoms with Crippen LogP contribution in [0.2, 0.25) is 0 Å². The molecule has 1 fully saturated rings. The molecule has 27 heavy (non-hydrogen) atoms. The van der Waals surface area contributed by atoms with E-state index < -0.39 is 0 Å². The summed E-state index contributed by atoms with van der Waals surface area (Å²) in [6.45, 7) is 7.80. The second kappa shape index (κ2) is 11.3. The molecule has 8 heteroatoms. The van der Waals surface area contributed by atoms with Gasteiger partial charge in [-0.3, -0.25) is 9.79 Å². The monoisotopic (exact) mass is 492 g/mol. The lowest BCUT2D eigenvalue weighted by atomic mass is 10.2. The lowest BCUT2D eigenvalue weighted by molar-refractivity contribution is -0.133. The zero-order valence-electron chi connectivity index (χ0n) is 16.4. The SMILES string of the molecule is CN=C(NCC(C)Oc1ccc(F)cc1)NC1CCN(C(=O)C(C)C)C1.I. The summed E-state index contributed by atoms with van der Waals surface area (Å²) < 4.78 is 18.7. The Bertz CT molecular complexity index is 625. The summed E-state index contributed by atoms with van der Waals surface area (Å²) in [5.41, 5.74) is 0. The number of nitrogens with one attached hydrogen (secondary N) is 2. The average Bonchev–Trinajstić information content (AvgIpc) is 3.08. The third-order valence-electron chi connectivity index (χ3n) is 4.27. The molecule has 0 bridgehead atoms. The van der Waals surface area contributed by atoms with E-state index in [0.29, 0.717) is 24.8 Å². The Balaban J connectivity index is 0.00000364. The van der Waals surface area contributed by atoms with Crippen molar-refractivity contribution in [3.05, 3.63) is 30.1 Å². The number of ether oxygens (including phenoxy) is 1. The molecule has 1 saturated heterocycles. The summed E-state index contributed by atoms with van der Waals surface area (Å²) in [5, 5.41) is 6.59. The molecular formula is C19H30FIN4O2. The molecule has 152 valence electrons. The quantitative estimate of drug-likeness (QED) is 0.364. The first-order valence-electron chi connectivity index (χ1n) is 9.07. The Morgan fingerprint density at radius 3 is 2.59 bits per heavy atom. The maximum Gasteiger partial charge on any atom is 0.225 e. The molecule has 0 aromatic heterocycles. The van der Waals surface area contributed by atoms with E-state index in [1.165, 1.54) is 12.1 Å². The maximum absolute atomic E-state index is 12.9. The van der Waals surface area contributed by atoms with Gasteiger partial charge in [0.15, 0.2) is 5.96 Å². The number of hydrogen-bond donors (Lipinski definition) is 2. The van der Waals surface area contributed by atoms with E-state index >= 15 is 0 Å². The first-order valence-corrected chi connectivity index (χ1v) is 9.07. The van der Waals surface area contributed by atoms with E-state index in [2.05, 4.69) is 15.6 Å². The van der Waals surface area contributed by atoms with Crippen LogP contribution in [0.15, 0.2) is 29.3 Å². The molecule has 2 unspecified atom stereocenters. The van der Waals surface area contributed by atoms with E-state index in [-0.39, 0.29) is 53.8 Å². The Morgan fingerprint density at radius 1 is 1.33 bits per heavy atom. The van der Waals surface area contributed by atoms with E-state index in [9.17, 15) is 9.18 Å². The molecule has 0 saturated carbocycles. The predicted octanol–water partition coefficient (Wildman–Crippen LogP) is 2.63. The van der Waals surface area contributed by atoms with Gasteiger partial charge in [0, 0.05) is 32.1 Å². The van der Waals surface area contributed by atoms with Crippen molar-refractivity contribution >= 4 is 35.8 Å². The van der Waals surface area contributed by atoms with Crippen molar-refractivity contribution < 1.29 is 13.9 Å². The third-order valence-corrected chi connectivity index (χ3v) is 4.27. The lowest BCUT2D eigenvalue weighted by Gasteiger charge is -2.21. The highest BCUT2D eigenvalue weighted by Gasteiger charge is 2.27. The normalized spacial score (nSPS) is 18.1. The van der Waals surface area contributed by atoms with Crippen LogP contribution < -0.4 is 15.4 Å². The topological polar surface area (TPSA) is 66.0 Å². The number of rotatable bonds is 6. The van der Waals surface area contributed by atoms with Gasteiger partial charge in [0.1, 0.15) is 17.7 Å². The second-order valence-corrected chi connectivity index (χ2v) is 6.90. The number of nitrogens with zero attached hydrogens (tertiary/aromatic N) is 2. The number of aliphatic imine (C=N–C) groups is 1. The number of amides is 1. The molecule has 1 aromatic carbocycles. The fraction of sp³-hybridized carbons (Fsp3) is 0.579. The minimum absolute atomic E-state index is 0. The minimum Gasteiger partial charge on any atom is -0.489 e. The number of guanidine groups is 1. The fourth-order valence-electron chi connectivity index (χ4n) is 2.86. The largest absolute Gasteiger partial charge is 0.489 e. The number of carbonyl (C=O) groups excluding carboxylic acids is 1. The van der Waals surface area contributed by atoms with Crippen molar-refractivity contribution in [3.8, 4) is 5.75 Å². The molecule has 1 aliphatic heterocycles. The van der Waals surface area contributed by atoms with Crippen LogP contribution in [-0.2, 0) is 4.79 Å². The number of halogens is 2. The highest BCUT2D eigenvalue weighted by Crippen LogP contribution is 2.14. The first-order chi connectivity index (χ1) is 12.4. The van der Waals surface area contributed by atoms with Gasteiger partial charge in [-0.15, -0.1) is 24.0 Å². The van der Waals surface area contributed by atoms with Gasteiger partial charge < -0.3 is 20.3 Å². The second-order valence-electron chi connectivity index (χ2n) is 6.90. The van der Waals surface area contributed by atoms with E-state index in [1.807, 2.05) is 25.7 Å². The Kier molecular flexibility index (Phi) is 9.82. The van der Waals surface area contributed by atoms with Crippen LogP contribution in [0.1, 0.15) is 27.2 Å². The smallest absolute Gasteiger partial charge is 0.225 e. The molecule has 2 N–H and O–H groups in total. The zero-order chi connectivity index (χ0) is 19.1. The number of benzene rings is 1. The number of hydrogen-bond acceptors (Lipinski definition) is 3. The van der Waals surface area contributed by atoms with Crippen molar-refractivity contribution in [3.63, 3.8) is 0 Å². The van der Waals surface area contributed by atoms with Gasteiger partial charge in [-0.05, 0) is 37.6 Å². The molecule has 6 nitrogen and oxygen atoms in total. The van der Waals surface area contributed by atoms with Crippen LogP contribution in [0.25, 0.3) is 0 Å². The summed E-state index contributed by atoms with van der Waals surface area (Å²) in [6.07, 6.45) is 0.794. The van der Waals surface area contributed by atoms with E-state index in [0.717, 1.165) is 13.0 Å². The summed E-state index contributed by atoms with van der Waals surface area (Å²) in [5.74, 6) is 1.24. The Morgan fingerprint density at radius 2 is 2.00 bits per heavy atom. The van der Waals surface area contributed by atoms with E-state index in [4.69, 9.17) is 4.74 Å². The fourth-order valence-corrected chi connectivity index (χ4v) is 2.86. The molecular weight excluding hydrogens is 462 g/mol. The number of likely N-dealkylation sites (tertiary alicyclic amines) is 1. The third kappa shape index (κ3) is 7.51. The molecule has 0 aliphatic carbocycles. The van der Waals surface area contributed by atoms with Gasteiger partial charge in [-0.25, -0.2) is 4.39 Å². The van der Waals surface area contributed by atoms with Crippen molar-refractivity contribution in [2.24, 2.45) is 10.9 Å². The highest BCUT2D eigenvalue weighted by molar-refractivity contribution is 14.0. The standard InChI is InChI=1S/C19H29FN4O2.HI/c1-13(2)18(25)24-10-9-16(12-24)23-19(21-4)22-11-14(3)26-17-7-5-15(20)6-8-17;/h5-8,13-14,16H,9-12H2,1-4H3,(H2,21,22,23);1H. The van der Waals surface area contributed by atoms with Crippen LogP contribution >= 0.6 is 24.0 Å². The van der Waals surface area contributed by atoms with Gasteiger partial charge in [-0.2, -0.15) is 0 Å². The van der Waals surface area contributed by atoms with Crippen LogP contribution in [0.4, 0.5) is 4.39 Å². The molecule has 0 radical (unpaired) electrons. The van der Waals surface area contributed by atoms with Crippen molar-refractivity contribution in [1.29, 1.82) is 0 Å². The molecule has 1 amide bonds. The Hall–Kier alpha value is -1.58. The van der Waals surface area contributed by atoms with Gasteiger partial charge in [0.05, 0.1) is 6.54 Å². The van der Waals surface area contributed by atoms with Crippen LogP contribution in [-0.4, -0.2) is 55.6 Å². The van der Waals surface area contributed by atoms with Gasteiger partial charge in [-0.1, -0.05) is 13.8 Å². The Labute approximate surface area is 178 Å². The zero-order valence-corrected chi connectivity index (χ0v) is 18.7. The van der Waals surface area contributed by atoms with Crippen molar-refractivity contribution in [2.45, 2.75) is 39.3 Å². The first kappa shape index (κ1) is 23.5. The molecule has 1 aromatic rings. The summed E-state index contributed by atoms with van der Waals surface area (Å²) >= 11 is 0. The van der Waals surface area contributed by atoms with Gasteiger partial charge >= 0.3 is 0 Å². The summed E-state index contributed by atoms with van der Waals surface area (Å²) in [6, 6.07) is 6.16. The molecule has 1 aliphatic rings. The van der Waals surface area contributed by atoms with Crippen LogP contribution in [0, 0.1) is 11.7 Å². The highest BCUT2D eigenvalue weighted by atomic mass is 127. The van der Waals surface area contributed by atoms with E-state index in [1.54, 1.807) is 19.2 Å². The minimum atomic E-state index is -0.283. The molecule has 2 atom stereocenters. The van der Waals surface area contributed by atoms with Gasteiger partial charge in [0.25, 0.3) is 0 Å². The molecule has 1 heterocycles. The lowest BCUT2D eigenvalue weighted by Crippen LogP contribution is -2.47. The maximum atomic E-state index is 12.9. The number of carbonyl (C=O) groups is 1. The molecule has 2 rings (SSSR count). The van der Waals surface area contributed by atoms with Crippen LogP contribution in [0.3, 0.4) is 0 Å². The van der Waals surface area contributed by atoms with Crippen molar-refractivity contribution in [2.75, 3.05) is 26.7 Å². The van der Waals surface area contributed by atoms with Crippen LogP contribution in [0.5, 0.6) is 5.75 Å². The van der Waals surface area contributed by atoms with Crippen molar-refractivity contribution in [1.82, 2.24) is 15.5 Å². The summed E-state index contributed by atoms with van der Waals surface area (Å²) in [4.78, 5) is 18.2. The average molecular weight is 492 g/mol. The summed E-state index contributed by atoms with van der Waals surface area (Å²) in [7, 11) is 1.72.